The molecule has 3 aliphatic heterocycles. The first-order valence-corrected chi connectivity index (χ1v) is 10.0. The van der Waals surface area contributed by atoms with Gasteiger partial charge in [-0.3, -0.25) is 14.5 Å². The number of thiophene rings is 1. The molecular formula is C20H28N2O2S. The molecule has 0 N–H and O–H groups in total. The molecule has 3 fully saturated rings. The van der Waals surface area contributed by atoms with Crippen molar-refractivity contribution >= 4 is 23.0 Å². The van der Waals surface area contributed by atoms with Gasteiger partial charge in [0, 0.05) is 32.2 Å². The molecule has 1 amide bonds. The van der Waals surface area contributed by atoms with Crippen LogP contribution < -0.4 is 0 Å². The topological polar surface area (TPSA) is 40.6 Å². The summed E-state index contributed by atoms with van der Waals surface area (Å²) in [6.07, 6.45) is 5.13. The van der Waals surface area contributed by atoms with Gasteiger partial charge in [0.2, 0.25) is 5.91 Å². The van der Waals surface area contributed by atoms with Crippen LogP contribution in [0.1, 0.15) is 48.8 Å². The van der Waals surface area contributed by atoms with Gasteiger partial charge in [-0.05, 0) is 56.5 Å². The maximum atomic E-state index is 12.8. The van der Waals surface area contributed by atoms with E-state index in [1.54, 1.807) is 6.92 Å². The number of amides is 1. The van der Waals surface area contributed by atoms with Crippen molar-refractivity contribution in [2.45, 2.75) is 46.1 Å². The standard InChI is InChI=1S/C20H28N2O2S/c1-14(2)6-7-21-10-16-4-5-18(21)12-22(11-16)20(24)9-17-8-19(15(3)23)25-13-17/h6,8,13,16,18H,4-5,7,9-12H2,1-3H3/t16-,18-/m1/s1. The highest BCUT2D eigenvalue weighted by atomic mass is 32.1. The fourth-order valence-corrected chi connectivity index (χ4v) is 4.66. The van der Waals surface area contributed by atoms with E-state index in [4.69, 9.17) is 0 Å². The Morgan fingerprint density at radius 1 is 1.20 bits per heavy atom. The van der Waals surface area contributed by atoms with E-state index in [2.05, 4.69) is 29.7 Å². The Bertz CT molecular complexity index is 675. The summed E-state index contributed by atoms with van der Waals surface area (Å²) in [5.74, 6) is 0.865. The van der Waals surface area contributed by atoms with Gasteiger partial charge >= 0.3 is 0 Å². The molecule has 136 valence electrons. The molecule has 25 heavy (non-hydrogen) atoms. The molecule has 0 radical (unpaired) electrons. The molecule has 0 aromatic carbocycles. The number of nitrogens with zero attached hydrogens (tertiary/aromatic N) is 2. The average molecular weight is 361 g/mol. The second-order valence-electron chi connectivity index (χ2n) is 7.68. The van der Waals surface area contributed by atoms with Gasteiger partial charge in [-0.1, -0.05) is 11.6 Å². The van der Waals surface area contributed by atoms with Gasteiger partial charge in [-0.2, -0.15) is 0 Å². The van der Waals surface area contributed by atoms with Crippen LogP contribution in [0.3, 0.4) is 0 Å². The Balaban J connectivity index is 1.64. The first-order valence-electron chi connectivity index (χ1n) is 9.16. The molecule has 2 atom stereocenters. The summed E-state index contributed by atoms with van der Waals surface area (Å²) >= 11 is 1.44. The van der Waals surface area contributed by atoms with E-state index < -0.39 is 0 Å². The van der Waals surface area contributed by atoms with Crippen LogP contribution in [-0.2, 0) is 11.2 Å². The quantitative estimate of drug-likeness (QED) is 0.597. The van der Waals surface area contributed by atoms with Gasteiger partial charge in [0.15, 0.2) is 5.78 Å². The minimum absolute atomic E-state index is 0.0754. The molecule has 0 spiro atoms. The van der Waals surface area contributed by atoms with E-state index in [1.165, 1.54) is 29.8 Å². The molecule has 2 bridgehead atoms. The second kappa shape index (κ2) is 7.83. The van der Waals surface area contributed by atoms with Crippen molar-refractivity contribution in [1.29, 1.82) is 0 Å². The van der Waals surface area contributed by atoms with Crippen molar-refractivity contribution in [3.8, 4) is 0 Å². The second-order valence-corrected chi connectivity index (χ2v) is 8.59. The Hall–Kier alpha value is -1.46. The Labute approximate surface area is 154 Å². The number of fused-ring (bicyclic) bond motifs is 4. The molecule has 3 aliphatic rings. The monoisotopic (exact) mass is 360 g/mol. The SMILES string of the molecule is CC(=O)c1cc(CC(=O)N2C[C@@H]3CC[C@H](C2)N(CC=C(C)C)C3)cs1. The molecule has 0 unspecified atom stereocenters. The highest BCUT2D eigenvalue weighted by Gasteiger charge is 2.35. The first kappa shape index (κ1) is 18.3. The van der Waals surface area contributed by atoms with Crippen LogP contribution in [0.25, 0.3) is 0 Å². The number of hydrogen-bond donors (Lipinski definition) is 0. The highest BCUT2D eigenvalue weighted by molar-refractivity contribution is 7.12. The predicted molar refractivity (Wildman–Crippen MR) is 102 cm³/mol. The van der Waals surface area contributed by atoms with Crippen LogP contribution in [0.5, 0.6) is 0 Å². The lowest BCUT2D eigenvalue weighted by molar-refractivity contribution is -0.130. The zero-order chi connectivity index (χ0) is 18.0. The van der Waals surface area contributed by atoms with E-state index in [0.29, 0.717) is 18.4 Å². The summed E-state index contributed by atoms with van der Waals surface area (Å²) in [5, 5.41) is 1.95. The number of rotatable bonds is 5. The lowest BCUT2D eigenvalue weighted by Crippen LogP contribution is -2.44. The summed E-state index contributed by atoms with van der Waals surface area (Å²) in [6, 6.07) is 2.35. The molecule has 4 rings (SSSR count). The first-order chi connectivity index (χ1) is 11.9. The molecular weight excluding hydrogens is 332 g/mol. The van der Waals surface area contributed by atoms with Crippen LogP contribution in [0, 0.1) is 5.92 Å². The van der Waals surface area contributed by atoms with Crippen molar-refractivity contribution in [3.63, 3.8) is 0 Å². The van der Waals surface area contributed by atoms with Gasteiger partial charge in [-0.25, -0.2) is 0 Å². The number of allylic oxidation sites excluding steroid dienone is 1. The Morgan fingerprint density at radius 2 is 2.00 bits per heavy atom. The minimum atomic E-state index is 0.0754. The molecule has 4 heterocycles. The van der Waals surface area contributed by atoms with Gasteiger partial charge < -0.3 is 4.90 Å². The van der Waals surface area contributed by atoms with Crippen molar-refractivity contribution in [3.05, 3.63) is 33.5 Å². The molecule has 0 saturated carbocycles. The van der Waals surface area contributed by atoms with Gasteiger partial charge in [0.25, 0.3) is 0 Å². The fraction of sp³-hybridized carbons (Fsp3) is 0.600. The predicted octanol–water partition coefficient (Wildman–Crippen LogP) is 3.38. The lowest BCUT2D eigenvalue weighted by Gasteiger charge is -2.35. The summed E-state index contributed by atoms with van der Waals surface area (Å²) in [6.45, 7) is 9.68. The zero-order valence-electron chi connectivity index (χ0n) is 15.5. The summed E-state index contributed by atoms with van der Waals surface area (Å²) in [5.41, 5.74) is 2.32. The van der Waals surface area contributed by atoms with Gasteiger partial charge in [0.05, 0.1) is 11.3 Å². The summed E-state index contributed by atoms with van der Waals surface area (Å²) in [7, 11) is 0. The third kappa shape index (κ3) is 4.59. The van der Waals surface area contributed by atoms with Crippen molar-refractivity contribution < 1.29 is 9.59 Å². The van der Waals surface area contributed by atoms with Gasteiger partial charge in [0.1, 0.15) is 0 Å². The van der Waals surface area contributed by atoms with E-state index in [-0.39, 0.29) is 11.7 Å². The van der Waals surface area contributed by atoms with Crippen LogP contribution in [0.2, 0.25) is 0 Å². The smallest absolute Gasteiger partial charge is 0.227 e. The maximum absolute atomic E-state index is 12.8. The molecule has 0 aliphatic carbocycles. The lowest BCUT2D eigenvalue weighted by atomic mass is 9.95. The van der Waals surface area contributed by atoms with Crippen LogP contribution >= 0.6 is 11.3 Å². The number of piperidine rings is 1. The Morgan fingerprint density at radius 3 is 2.68 bits per heavy atom. The van der Waals surface area contributed by atoms with Crippen molar-refractivity contribution in [1.82, 2.24) is 9.80 Å². The third-order valence-electron chi connectivity index (χ3n) is 5.27. The largest absolute Gasteiger partial charge is 0.341 e. The number of hydrogen-bond acceptors (Lipinski definition) is 4. The fourth-order valence-electron chi connectivity index (χ4n) is 3.85. The third-order valence-corrected chi connectivity index (χ3v) is 6.35. The normalized spacial score (nSPS) is 23.4. The van der Waals surface area contributed by atoms with Crippen LogP contribution in [-0.4, -0.2) is 53.7 Å². The molecule has 1 aromatic rings. The van der Waals surface area contributed by atoms with Crippen molar-refractivity contribution in [2.24, 2.45) is 5.92 Å². The van der Waals surface area contributed by atoms with Crippen LogP contribution in [0.4, 0.5) is 0 Å². The summed E-state index contributed by atoms with van der Waals surface area (Å²) < 4.78 is 0. The van der Waals surface area contributed by atoms with Crippen molar-refractivity contribution in [2.75, 3.05) is 26.2 Å². The van der Waals surface area contributed by atoms with E-state index >= 15 is 0 Å². The van der Waals surface area contributed by atoms with E-state index in [0.717, 1.165) is 36.6 Å². The van der Waals surface area contributed by atoms with E-state index in [9.17, 15) is 9.59 Å². The number of carbonyl (C=O) groups is 2. The van der Waals surface area contributed by atoms with Gasteiger partial charge in [-0.15, -0.1) is 11.3 Å². The summed E-state index contributed by atoms with van der Waals surface area (Å²) in [4.78, 5) is 29.6. The molecule has 3 saturated heterocycles. The average Bonchev–Trinajstić information content (AvgIpc) is 2.84. The number of carbonyl (C=O) groups excluding carboxylic acids is 2. The van der Waals surface area contributed by atoms with Crippen LogP contribution in [0.15, 0.2) is 23.1 Å². The maximum Gasteiger partial charge on any atom is 0.227 e. The number of ketones is 1. The number of Topliss-reactive ketones (excluding diaryl/α,β-unsaturated/α-hetero) is 1. The molecule has 4 nitrogen and oxygen atoms in total. The minimum Gasteiger partial charge on any atom is -0.341 e. The molecule has 1 aromatic heterocycles. The Kier molecular flexibility index (Phi) is 5.74. The zero-order valence-corrected chi connectivity index (χ0v) is 16.3. The molecule has 5 heteroatoms. The van der Waals surface area contributed by atoms with E-state index in [1.807, 2.05) is 11.4 Å². The highest BCUT2D eigenvalue weighted by Crippen LogP contribution is 2.28.